The Balaban J connectivity index is 2.32. The van der Waals surface area contributed by atoms with Gasteiger partial charge in [0.2, 0.25) is 5.91 Å². The largest absolute Gasteiger partial charge is 0.359 e. The number of benzene rings is 1. The van der Waals surface area contributed by atoms with Gasteiger partial charge in [-0.1, -0.05) is 15.9 Å². The van der Waals surface area contributed by atoms with Crippen molar-refractivity contribution < 1.29 is 4.79 Å². The third kappa shape index (κ3) is 5.18. The zero-order chi connectivity index (χ0) is 13.4. The summed E-state index contributed by atoms with van der Waals surface area (Å²) in [5.74, 6) is 0.642. The molecule has 6 heteroatoms. The second-order valence-corrected chi connectivity index (χ2v) is 4.47. The maximum Gasteiger partial charge on any atom is 0.226 e. The number of aliphatic imine (C=N–C) groups is 1. The summed E-state index contributed by atoms with van der Waals surface area (Å²) in [6, 6.07) is 7.47. The van der Waals surface area contributed by atoms with Gasteiger partial charge in [-0.25, -0.2) is 0 Å². The van der Waals surface area contributed by atoms with Crippen LogP contribution in [-0.2, 0) is 4.79 Å². The second-order valence-electron chi connectivity index (χ2n) is 3.55. The molecule has 0 aliphatic carbocycles. The number of halogens is 1. The van der Waals surface area contributed by atoms with Gasteiger partial charge in [0.25, 0.3) is 0 Å². The standard InChI is InChI=1S/C12H17BrN4O/c1-14-12(15-2)16-8-7-11(18)17-10-5-3-9(13)4-6-10/h3-6H,7-8H2,1-2H3,(H,17,18)(H2,14,15,16). The average molecular weight is 313 g/mol. The molecule has 1 rings (SSSR count). The minimum atomic E-state index is -0.0311. The lowest BCUT2D eigenvalue weighted by atomic mass is 10.3. The molecule has 0 saturated carbocycles. The fourth-order valence-corrected chi connectivity index (χ4v) is 1.59. The van der Waals surface area contributed by atoms with Gasteiger partial charge in [-0.15, -0.1) is 0 Å². The van der Waals surface area contributed by atoms with Gasteiger partial charge in [0.05, 0.1) is 0 Å². The lowest BCUT2D eigenvalue weighted by Gasteiger charge is -2.08. The van der Waals surface area contributed by atoms with Crippen LogP contribution in [0.25, 0.3) is 0 Å². The predicted molar refractivity (Wildman–Crippen MR) is 77.8 cm³/mol. The maximum atomic E-state index is 11.6. The molecule has 0 saturated heterocycles. The summed E-state index contributed by atoms with van der Waals surface area (Å²) >= 11 is 3.34. The van der Waals surface area contributed by atoms with Gasteiger partial charge in [-0.3, -0.25) is 9.79 Å². The molecule has 0 radical (unpaired) electrons. The van der Waals surface area contributed by atoms with Crippen LogP contribution in [0.5, 0.6) is 0 Å². The predicted octanol–water partition coefficient (Wildman–Crippen LogP) is 1.57. The Bertz CT molecular complexity index is 417. The first kappa shape index (κ1) is 14.5. The number of amides is 1. The number of guanidine groups is 1. The molecule has 0 fully saturated rings. The van der Waals surface area contributed by atoms with E-state index in [2.05, 4.69) is 36.9 Å². The van der Waals surface area contributed by atoms with E-state index in [0.29, 0.717) is 18.9 Å². The quantitative estimate of drug-likeness (QED) is 0.584. The molecule has 5 nitrogen and oxygen atoms in total. The van der Waals surface area contributed by atoms with Crippen molar-refractivity contribution >= 4 is 33.5 Å². The number of carbonyl (C=O) groups is 1. The zero-order valence-electron chi connectivity index (χ0n) is 10.5. The first-order valence-corrected chi connectivity index (χ1v) is 6.39. The number of nitrogens with zero attached hydrogens (tertiary/aromatic N) is 1. The van der Waals surface area contributed by atoms with Gasteiger partial charge < -0.3 is 16.0 Å². The molecule has 1 aromatic carbocycles. The normalized spacial score (nSPS) is 10.9. The lowest BCUT2D eigenvalue weighted by Crippen LogP contribution is -2.36. The number of rotatable bonds is 4. The summed E-state index contributed by atoms with van der Waals surface area (Å²) < 4.78 is 0.986. The van der Waals surface area contributed by atoms with Crippen LogP contribution in [0, 0.1) is 0 Å². The summed E-state index contributed by atoms with van der Waals surface area (Å²) in [6.45, 7) is 0.538. The highest BCUT2D eigenvalue weighted by atomic mass is 79.9. The van der Waals surface area contributed by atoms with Gasteiger partial charge in [-0.05, 0) is 24.3 Å². The number of anilines is 1. The Morgan fingerprint density at radius 2 is 2.00 bits per heavy atom. The molecule has 0 aliphatic rings. The van der Waals surface area contributed by atoms with Crippen molar-refractivity contribution in [3.8, 4) is 0 Å². The fraction of sp³-hybridized carbons (Fsp3) is 0.333. The fourth-order valence-electron chi connectivity index (χ4n) is 1.33. The summed E-state index contributed by atoms with van der Waals surface area (Å²) in [4.78, 5) is 15.6. The summed E-state index contributed by atoms with van der Waals surface area (Å²) in [5, 5.41) is 8.72. The van der Waals surface area contributed by atoms with Crippen LogP contribution in [-0.4, -0.2) is 32.5 Å². The molecular formula is C12H17BrN4O. The second kappa shape index (κ2) is 7.71. The van der Waals surface area contributed by atoms with Gasteiger partial charge in [0, 0.05) is 37.2 Å². The van der Waals surface area contributed by atoms with Crippen LogP contribution in [0.3, 0.4) is 0 Å². The molecule has 0 unspecified atom stereocenters. The number of carbonyl (C=O) groups excluding carboxylic acids is 1. The topological polar surface area (TPSA) is 65.5 Å². The van der Waals surface area contributed by atoms with Crippen molar-refractivity contribution in [3.63, 3.8) is 0 Å². The molecule has 0 bridgehead atoms. The van der Waals surface area contributed by atoms with Crippen molar-refractivity contribution in [2.75, 3.05) is 26.0 Å². The van der Waals surface area contributed by atoms with E-state index in [1.807, 2.05) is 24.3 Å². The molecule has 0 atom stereocenters. The van der Waals surface area contributed by atoms with Crippen LogP contribution in [0.4, 0.5) is 5.69 Å². The molecule has 3 N–H and O–H groups in total. The van der Waals surface area contributed by atoms with E-state index in [4.69, 9.17) is 0 Å². The smallest absolute Gasteiger partial charge is 0.226 e. The van der Waals surface area contributed by atoms with E-state index in [0.717, 1.165) is 10.2 Å². The first-order valence-electron chi connectivity index (χ1n) is 5.59. The SMILES string of the molecule is CN=C(NC)NCCC(=O)Nc1ccc(Br)cc1. The molecular weight excluding hydrogens is 296 g/mol. The van der Waals surface area contributed by atoms with Gasteiger partial charge >= 0.3 is 0 Å². The van der Waals surface area contributed by atoms with E-state index in [9.17, 15) is 4.79 Å². The van der Waals surface area contributed by atoms with Crippen molar-refractivity contribution in [2.45, 2.75) is 6.42 Å². The van der Waals surface area contributed by atoms with E-state index >= 15 is 0 Å². The summed E-state index contributed by atoms with van der Waals surface area (Å²) in [7, 11) is 3.46. The van der Waals surface area contributed by atoms with Crippen LogP contribution in [0.1, 0.15) is 6.42 Å². The minimum absolute atomic E-state index is 0.0311. The van der Waals surface area contributed by atoms with Crippen molar-refractivity contribution in [3.05, 3.63) is 28.7 Å². The molecule has 1 aromatic rings. The van der Waals surface area contributed by atoms with Crippen LogP contribution >= 0.6 is 15.9 Å². The maximum absolute atomic E-state index is 11.6. The number of hydrogen-bond acceptors (Lipinski definition) is 2. The van der Waals surface area contributed by atoms with Crippen LogP contribution in [0.2, 0.25) is 0 Å². The van der Waals surface area contributed by atoms with E-state index in [-0.39, 0.29) is 5.91 Å². The monoisotopic (exact) mass is 312 g/mol. The third-order valence-corrected chi connectivity index (χ3v) is 2.76. The van der Waals surface area contributed by atoms with Crippen LogP contribution in [0.15, 0.2) is 33.7 Å². The summed E-state index contributed by atoms with van der Waals surface area (Å²) in [6.07, 6.45) is 0.386. The van der Waals surface area contributed by atoms with Gasteiger partial charge in [-0.2, -0.15) is 0 Å². The molecule has 1 amide bonds. The van der Waals surface area contributed by atoms with Crippen molar-refractivity contribution in [2.24, 2.45) is 4.99 Å². The Morgan fingerprint density at radius 1 is 1.33 bits per heavy atom. The Hall–Kier alpha value is -1.56. The zero-order valence-corrected chi connectivity index (χ0v) is 12.0. The third-order valence-electron chi connectivity index (χ3n) is 2.23. The van der Waals surface area contributed by atoms with Crippen LogP contribution < -0.4 is 16.0 Å². The highest BCUT2D eigenvalue weighted by Crippen LogP contribution is 2.13. The molecule has 0 aromatic heterocycles. The first-order chi connectivity index (χ1) is 8.65. The molecule has 18 heavy (non-hydrogen) atoms. The van der Waals surface area contributed by atoms with E-state index < -0.39 is 0 Å². The molecule has 98 valence electrons. The number of nitrogens with one attached hydrogen (secondary N) is 3. The molecule has 0 aliphatic heterocycles. The highest BCUT2D eigenvalue weighted by molar-refractivity contribution is 9.10. The Morgan fingerprint density at radius 3 is 2.56 bits per heavy atom. The van der Waals surface area contributed by atoms with Gasteiger partial charge in [0.15, 0.2) is 5.96 Å². The van der Waals surface area contributed by atoms with Crippen molar-refractivity contribution in [1.82, 2.24) is 10.6 Å². The lowest BCUT2D eigenvalue weighted by molar-refractivity contribution is -0.116. The van der Waals surface area contributed by atoms with E-state index in [1.165, 1.54) is 0 Å². The van der Waals surface area contributed by atoms with Gasteiger partial charge in [0.1, 0.15) is 0 Å². The number of hydrogen-bond donors (Lipinski definition) is 3. The summed E-state index contributed by atoms with van der Waals surface area (Å²) in [5.41, 5.74) is 0.793. The minimum Gasteiger partial charge on any atom is -0.359 e. The Kier molecular flexibility index (Phi) is 6.21. The molecule has 0 heterocycles. The Labute approximate surface area is 115 Å². The molecule has 0 spiro atoms. The highest BCUT2D eigenvalue weighted by Gasteiger charge is 2.02. The van der Waals surface area contributed by atoms with Crippen molar-refractivity contribution in [1.29, 1.82) is 0 Å². The average Bonchev–Trinajstić information content (AvgIpc) is 2.37. The van der Waals surface area contributed by atoms with E-state index in [1.54, 1.807) is 14.1 Å².